The molecule has 7 heteroatoms. The molecule has 0 spiro atoms. The van der Waals surface area contributed by atoms with Crippen LogP contribution in [-0.2, 0) is 9.59 Å². The van der Waals surface area contributed by atoms with E-state index < -0.39 is 11.7 Å². The zero-order valence-electron chi connectivity index (χ0n) is 14.2. The zero-order chi connectivity index (χ0) is 18.7. The molecule has 1 atom stereocenters. The highest BCUT2D eigenvalue weighted by Crippen LogP contribution is 2.28. The van der Waals surface area contributed by atoms with Gasteiger partial charge in [0.15, 0.2) is 0 Å². The maximum atomic E-state index is 13.9. The molecule has 0 saturated carbocycles. The summed E-state index contributed by atoms with van der Waals surface area (Å²) in [4.78, 5) is 38.0. The van der Waals surface area contributed by atoms with Gasteiger partial charge in [-0.15, -0.1) is 0 Å². The van der Waals surface area contributed by atoms with Crippen molar-refractivity contribution in [2.24, 2.45) is 5.92 Å². The Kier molecular flexibility index (Phi) is 4.97. The van der Waals surface area contributed by atoms with Crippen LogP contribution in [0.15, 0.2) is 48.5 Å². The number of hydrogen-bond acceptors (Lipinski definition) is 3. The SMILES string of the molecule is CNC(=O)c1ccccc1NC(=O)[C@H]1CC(=O)N(c2ccccc2F)C1. The Morgan fingerprint density at radius 1 is 1.12 bits per heavy atom. The molecular weight excluding hydrogens is 337 g/mol. The molecule has 6 nitrogen and oxygen atoms in total. The summed E-state index contributed by atoms with van der Waals surface area (Å²) in [7, 11) is 1.50. The van der Waals surface area contributed by atoms with Crippen LogP contribution in [0.2, 0.25) is 0 Å². The number of halogens is 1. The number of nitrogens with zero attached hydrogens (tertiary/aromatic N) is 1. The third-order valence-electron chi connectivity index (χ3n) is 4.30. The number of amides is 3. The van der Waals surface area contributed by atoms with Crippen molar-refractivity contribution in [2.75, 3.05) is 23.8 Å². The quantitative estimate of drug-likeness (QED) is 0.882. The summed E-state index contributed by atoms with van der Waals surface area (Å²) in [5.74, 6) is -2.15. The maximum absolute atomic E-state index is 13.9. The highest BCUT2D eigenvalue weighted by Gasteiger charge is 2.36. The van der Waals surface area contributed by atoms with Crippen molar-refractivity contribution in [1.82, 2.24) is 5.32 Å². The van der Waals surface area contributed by atoms with Crippen molar-refractivity contribution in [3.63, 3.8) is 0 Å². The van der Waals surface area contributed by atoms with Crippen LogP contribution in [0.5, 0.6) is 0 Å². The average Bonchev–Trinajstić information content (AvgIpc) is 3.03. The Bertz CT molecular complexity index is 869. The standard InChI is InChI=1S/C19H18FN3O3/c1-21-19(26)13-6-2-4-8-15(13)22-18(25)12-10-17(24)23(11-12)16-9-5-3-7-14(16)20/h2-9,12H,10-11H2,1H3,(H,21,26)(H,22,25)/t12-/m0/s1. The summed E-state index contributed by atoms with van der Waals surface area (Å²) in [6.45, 7) is 0.0910. The van der Waals surface area contributed by atoms with Gasteiger partial charge in [-0.05, 0) is 24.3 Å². The molecule has 134 valence electrons. The molecule has 0 aliphatic carbocycles. The molecule has 2 aromatic rings. The van der Waals surface area contributed by atoms with E-state index in [1.54, 1.807) is 36.4 Å². The normalized spacial score (nSPS) is 16.5. The molecule has 1 aliphatic rings. The third kappa shape index (κ3) is 3.42. The van der Waals surface area contributed by atoms with Crippen molar-refractivity contribution < 1.29 is 18.8 Å². The molecule has 1 saturated heterocycles. The van der Waals surface area contributed by atoms with Gasteiger partial charge in [0.2, 0.25) is 11.8 Å². The number of carbonyl (C=O) groups is 3. The number of para-hydroxylation sites is 2. The molecule has 1 aliphatic heterocycles. The smallest absolute Gasteiger partial charge is 0.253 e. The van der Waals surface area contributed by atoms with E-state index in [9.17, 15) is 18.8 Å². The van der Waals surface area contributed by atoms with Gasteiger partial charge in [-0.3, -0.25) is 14.4 Å². The van der Waals surface area contributed by atoms with Gasteiger partial charge in [0, 0.05) is 20.0 Å². The lowest BCUT2D eigenvalue weighted by Gasteiger charge is -2.17. The lowest BCUT2D eigenvalue weighted by Crippen LogP contribution is -2.29. The van der Waals surface area contributed by atoms with Gasteiger partial charge in [-0.25, -0.2) is 4.39 Å². The molecule has 2 N–H and O–H groups in total. The highest BCUT2D eigenvalue weighted by atomic mass is 19.1. The minimum absolute atomic E-state index is 0.0116. The fourth-order valence-electron chi connectivity index (χ4n) is 2.95. The van der Waals surface area contributed by atoms with Crippen LogP contribution in [0.4, 0.5) is 15.8 Å². The zero-order valence-corrected chi connectivity index (χ0v) is 14.2. The molecule has 3 amide bonds. The highest BCUT2D eigenvalue weighted by molar-refractivity contribution is 6.07. The van der Waals surface area contributed by atoms with E-state index >= 15 is 0 Å². The van der Waals surface area contributed by atoms with Crippen LogP contribution in [0.25, 0.3) is 0 Å². The van der Waals surface area contributed by atoms with E-state index in [1.165, 1.54) is 24.1 Å². The number of benzene rings is 2. The van der Waals surface area contributed by atoms with E-state index in [4.69, 9.17) is 0 Å². The summed E-state index contributed by atoms with van der Waals surface area (Å²) in [5, 5.41) is 5.21. The van der Waals surface area contributed by atoms with Gasteiger partial charge >= 0.3 is 0 Å². The molecule has 0 unspecified atom stereocenters. The Labute approximate surface area is 150 Å². The first-order valence-corrected chi connectivity index (χ1v) is 8.18. The molecule has 3 rings (SSSR count). The van der Waals surface area contributed by atoms with Gasteiger partial charge in [-0.1, -0.05) is 24.3 Å². The van der Waals surface area contributed by atoms with Crippen LogP contribution >= 0.6 is 0 Å². The third-order valence-corrected chi connectivity index (χ3v) is 4.30. The van der Waals surface area contributed by atoms with Crippen molar-refractivity contribution in [3.05, 3.63) is 59.9 Å². The van der Waals surface area contributed by atoms with E-state index in [0.29, 0.717) is 11.3 Å². The number of anilines is 2. The fourth-order valence-corrected chi connectivity index (χ4v) is 2.95. The van der Waals surface area contributed by atoms with Crippen LogP contribution < -0.4 is 15.5 Å². The molecule has 26 heavy (non-hydrogen) atoms. The van der Waals surface area contributed by atoms with Gasteiger partial charge in [0.05, 0.1) is 22.9 Å². The number of carbonyl (C=O) groups excluding carboxylic acids is 3. The van der Waals surface area contributed by atoms with Crippen LogP contribution in [0.1, 0.15) is 16.8 Å². The van der Waals surface area contributed by atoms with Gasteiger partial charge < -0.3 is 15.5 Å². The van der Waals surface area contributed by atoms with Crippen molar-refractivity contribution in [1.29, 1.82) is 0 Å². The second-order valence-corrected chi connectivity index (χ2v) is 5.97. The minimum atomic E-state index is -0.625. The molecule has 2 aromatic carbocycles. The van der Waals surface area contributed by atoms with Crippen molar-refractivity contribution in [2.45, 2.75) is 6.42 Å². The van der Waals surface area contributed by atoms with Crippen LogP contribution in [0.3, 0.4) is 0 Å². The second kappa shape index (κ2) is 7.35. The summed E-state index contributed by atoms with van der Waals surface area (Å²) < 4.78 is 13.9. The van der Waals surface area contributed by atoms with Crippen molar-refractivity contribution in [3.8, 4) is 0 Å². The van der Waals surface area contributed by atoms with Crippen molar-refractivity contribution >= 4 is 29.1 Å². The lowest BCUT2D eigenvalue weighted by atomic mass is 10.1. The Hall–Kier alpha value is -3.22. The maximum Gasteiger partial charge on any atom is 0.253 e. The Morgan fingerprint density at radius 3 is 2.54 bits per heavy atom. The number of hydrogen-bond donors (Lipinski definition) is 2. The lowest BCUT2D eigenvalue weighted by molar-refractivity contribution is -0.122. The fraction of sp³-hybridized carbons (Fsp3) is 0.211. The number of rotatable bonds is 4. The van der Waals surface area contributed by atoms with E-state index in [0.717, 1.165) is 0 Å². The molecule has 0 bridgehead atoms. The summed E-state index contributed by atoms with van der Waals surface area (Å²) >= 11 is 0. The molecule has 1 heterocycles. The van der Waals surface area contributed by atoms with Gasteiger partial charge in [0.25, 0.3) is 5.91 Å². The minimum Gasteiger partial charge on any atom is -0.355 e. The molecule has 1 fully saturated rings. The first-order chi connectivity index (χ1) is 12.5. The van der Waals surface area contributed by atoms with Gasteiger partial charge in [-0.2, -0.15) is 0 Å². The molecule has 0 aromatic heterocycles. The first-order valence-electron chi connectivity index (χ1n) is 8.18. The average molecular weight is 355 g/mol. The van der Waals surface area contributed by atoms with Crippen LogP contribution in [0, 0.1) is 11.7 Å². The van der Waals surface area contributed by atoms with E-state index in [2.05, 4.69) is 10.6 Å². The molecular formula is C19H18FN3O3. The Morgan fingerprint density at radius 2 is 1.81 bits per heavy atom. The second-order valence-electron chi connectivity index (χ2n) is 5.97. The predicted molar refractivity (Wildman–Crippen MR) is 95.3 cm³/mol. The summed E-state index contributed by atoms with van der Waals surface area (Å²) in [6, 6.07) is 12.6. The first kappa shape index (κ1) is 17.6. The van der Waals surface area contributed by atoms with E-state index in [1.807, 2.05) is 0 Å². The summed E-state index contributed by atoms with van der Waals surface area (Å²) in [5.41, 5.74) is 0.867. The largest absolute Gasteiger partial charge is 0.355 e. The Balaban J connectivity index is 1.76. The topological polar surface area (TPSA) is 78.5 Å². The molecule has 0 radical (unpaired) electrons. The predicted octanol–water partition coefficient (Wildman–Crippen LogP) is 2.18. The number of nitrogens with one attached hydrogen (secondary N) is 2. The summed E-state index contributed by atoms with van der Waals surface area (Å²) in [6.07, 6.45) is -0.0116. The van der Waals surface area contributed by atoms with Gasteiger partial charge in [0.1, 0.15) is 5.82 Å². The van der Waals surface area contributed by atoms with E-state index in [-0.39, 0.29) is 36.4 Å². The van der Waals surface area contributed by atoms with Crippen LogP contribution in [-0.4, -0.2) is 31.3 Å². The monoisotopic (exact) mass is 355 g/mol.